The Bertz CT molecular complexity index is 983. The number of aliphatic hydroxyl groups is 1. The van der Waals surface area contributed by atoms with Gasteiger partial charge in [0.1, 0.15) is 5.69 Å². The Morgan fingerprint density at radius 2 is 1.97 bits per heavy atom. The molecule has 4 aliphatic carbocycles. The number of rotatable bonds is 6. The smallest absolute Gasteiger partial charge is 0.270 e. The largest absolute Gasteiger partial charge is 0.387 e. The van der Waals surface area contributed by atoms with E-state index in [-0.39, 0.29) is 29.8 Å². The molecule has 1 aromatic rings. The minimum absolute atomic E-state index is 0.0940. The second-order valence-electron chi connectivity index (χ2n) is 10.7. The van der Waals surface area contributed by atoms with Crippen molar-refractivity contribution in [1.82, 2.24) is 15.6 Å². The molecule has 4 aliphatic rings. The lowest BCUT2D eigenvalue weighted by molar-refractivity contribution is -0.133. The lowest BCUT2D eigenvalue weighted by atomic mass is 9.68. The fraction of sp³-hybridized carbons (Fsp3) is 0.593. The molecule has 3 saturated carbocycles. The first-order valence-corrected chi connectivity index (χ1v) is 12.5. The summed E-state index contributed by atoms with van der Waals surface area (Å²) in [6.45, 7) is 2.17. The number of aromatic nitrogens is 1. The summed E-state index contributed by atoms with van der Waals surface area (Å²) in [5.74, 6) is 1.50. The third-order valence-corrected chi connectivity index (χ3v) is 8.30. The molecular weight excluding hydrogens is 414 g/mol. The van der Waals surface area contributed by atoms with E-state index in [9.17, 15) is 14.7 Å². The van der Waals surface area contributed by atoms with E-state index < -0.39 is 6.10 Å². The molecule has 0 saturated heterocycles. The third kappa shape index (κ3) is 4.63. The Hall–Kier alpha value is -2.47. The van der Waals surface area contributed by atoms with Crippen molar-refractivity contribution in [2.45, 2.75) is 70.4 Å². The summed E-state index contributed by atoms with van der Waals surface area (Å²) in [4.78, 5) is 30.5. The van der Waals surface area contributed by atoms with Gasteiger partial charge >= 0.3 is 0 Å². The summed E-state index contributed by atoms with van der Waals surface area (Å²) >= 11 is 0. The predicted octanol–water partition coefficient (Wildman–Crippen LogP) is 3.46. The standard InChI is InChI=1S/C27H35N3O3/c1-17-6-5-9-23(29-17)25(32)30-22-11-18-10-20-14-27(13-18,15-21(20)12-22)26(33)28-16-24(31)19-7-3-2-4-8-19/h3,5-9,18,20-22,24,31H,2,4,10-16H2,1H3,(H,28,33)(H,30,32). The number of nitrogens with one attached hydrogen (secondary N) is 2. The van der Waals surface area contributed by atoms with Gasteiger partial charge in [0.05, 0.1) is 6.10 Å². The van der Waals surface area contributed by atoms with Gasteiger partial charge in [0.25, 0.3) is 5.91 Å². The number of amides is 2. The molecule has 33 heavy (non-hydrogen) atoms. The molecule has 5 rings (SSSR count). The van der Waals surface area contributed by atoms with Crippen LogP contribution in [-0.2, 0) is 4.79 Å². The summed E-state index contributed by atoms with van der Waals surface area (Å²) < 4.78 is 0. The Labute approximate surface area is 195 Å². The summed E-state index contributed by atoms with van der Waals surface area (Å²) in [6, 6.07) is 5.68. The van der Waals surface area contributed by atoms with E-state index in [1.807, 2.05) is 25.1 Å². The van der Waals surface area contributed by atoms with Crippen LogP contribution in [0.4, 0.5) is 0 Å². The van der Waals surface area contributed by atoms with Gasteiger partial charge < -0.3 is 15.7 Å². The first kappa shape index (κ1) is 22.3. The van der Waals surface area contributed by atoms with Crippen LogP contribution in [0.1, 0.15) is 67.5 Å². The number of carbonyl (C=O) groups is 2. The number of pyridine rings is 1. The van der Waals surface area contributed by atoms with Gasteiger partial charge in [-0.15, -0.1) is 0 Å². The van der Waals surface area contributed by atoms with Crippen molar-refractivity contribution in [2.24, 2.45) is 23.2 Å². The first-order valence-electron chi connectivity index (χ1n) is 12.5. The summed E-state index contributed by atoms with van der Waals surface area (Å²) in [5, 5.41) is 16.8. The topological polar surface area (TPSA) is 91.3 Å². The molecule has 6 unspecified atom stereocenters. The van der Waals surface area contributed by atoms with Crippen LogP contribution in [0.15, 0.2) is 42.0 Å². The van der Waals surface area contributed by atoms with Crippen LogP contribution in [-0.4, -0.2) is 40.6 Å². The van der Waals surface area contributed by atoms with Crippen LogP contribution in [0.2, 0.25) is 0 Å². The number of hydrogen-bond donors (Lipinski definition) is 3. The molecule has 6 atom stereocenters. The number of nitrogens with zero attached hydrogens (tertiary/aromatic N) is 1. The molecule has 6 heteroatoms. The van der Waals surface area contributed by atoms with Crippen molar-refractivity contribution in [2.75, 3.05) is 6.54 Å². The van der Waals surface area contributed by atoms with Crippen molar-refractivity contribution in [3.63, 3.8) is 0 Å². The Kier molecular flexibility index (Phi) is 6.12. The Morgan fingerprint density at radius 3 is 2.73 bits per heavy atom. The van der Waals surface area contributed by atoms with Crippen LogP contribution in [0.3, 0.4) is 0 Å². The zero-order valence-electron chi connectivity index (χ0n) is 19.4. The SMILES string of the molecule is Cc1cccc(C(=O)NC2CC3CC4CC(C(=O)NCC(O)C5=CCCC=C5)(C3)CC4C2)n1. The maximum atomic E-state index is 13.3. The Balaban J connectivity index is 1.20. The normalized spacial score (nSPS) is 33.2. The summed E-state index contributed by atoms with van der Waals surface area (Å²) in [5.41, 5.74) is 1.92. The van der Waals surface area contributed by atoms with Crippen molar-refractivity contribution >= 4 is 11.8 Å². The highest BCUT2D eigenvalue weighted by atomic mass is 16.3. The first-order chi connectivity index (χ1) is 15.9. The van der Waals surface area contributed by atoms with Gasteiger partial charge in [-0.25, -0.2) is 4.98 Å². The monoisotopic (exact) mass is 449 g/mol. The molecule has 3 fully saturated rings. The summed E-state index contributed by atoms with van der Waals surface area (Å²) in [7, 11) is 0. The highest BCUT2D eigenvalue weighted by molar-refractivity contribution is 5.92. The molecule has 1 aromatic heterocycles. The van der Waals surface area contributed by atoms with E-state index in [0.29, 0.717) is 23.4 Å². The maximum Gasteiger partial charge on any atom is 0.270 e. The zero-order valence-corrected chi connectivity index (χ0v) is 19.4. The van der Waals surface area contributed by atoms with Crippen LogP contribution < -0.4 is 10.6 Å². The van der Waals surface area contributed by atoms with Gasteiger partial charge in [0.15, 0.2) is 0 Å². The van der Waals surface area contributed by atoms with Gasteiger partial charge in [-0.3, -0.25) is 9.59 Å². The number of carbonyl (C=O) groups excluding carboxylic acids is 2. The molecule has 3 bridgehead atoms. The van der Waals surface area contributed by atoms with E-state index in [2.05, 4.69) is 27.8 Å². The van der Waals surface area contributed by atoms with Gasteiger partial charge in [-0.1, -0.05) is 24.3 Å². The van der Waals surface area contributed by atoms with Crippen LogP contribution in [0.25, 0.3) is 0 Å². The maximum absolute atomic E-state index is 13.3. The highest BCUT2D eigenvalue weighted by Gasteiger charge is 2.56. The van der Waals surface area contributed by atoms with Crippen molar-refractivity contribution in [3.8, 4) is 0 Å². The van der Waals surface area contributed by atoms with E-state index in [1.165, 1.54) is 0 Å². The van der Waals surface area contributed by atoms with Crippen molar-refractivity contribution in [1.29, 1.82) is 0 Å². The van der Waals surface area contributed by atoms with Crippen LogP contribution in [0, 0.1) is 30.1 Å². The minimum atomic E-state index is -0.642. The molecule has 176 valence electrons. The number of aliphatic hydroxyl groups excluding tert-OH is 1. The van der Waals surface area contributed by atoms with Crippen LogP contribution in [0.5, 0.6) is 0 Å². The molecule has 2 amide bonds. The van der Waals surface area contributed by atoms with E-state index in [1.54, 1.807) is 6.07 Å². The fourth-order valence-corrected chi connectivity index (χ4v) is 6.95. The number of fused-ring (bicyclic) bond motifs is 2. The minimum Gasteiger partial charge on any atom is -0.387 e. The number of allylic oxidation sites excluding steroid dienone is 2. The van der Waals surface area contributed by atoms with Crippen molar-refractivity contribution in [3.05, 3.63) is 53.4 Å². The Morgan fingerprint density at radius 1 is 1.15 bits per heavy atom. The lowest BCUT2D eigenvalue weighted by Crippen LogP contribution is -2.46. The van der Waals surface area contributed by atoms with Gasteiger partial charge in [-0.2, -0.15) is 0 Å². The van der Waals surface area contributed by atoms with Gasteiger partial charge in [0.2, 0.25) is 5.91 Å². The van der Waals surface area contributed by atoms with E-state index in [4.69, 9.17) is 0 Å². The average molecular weight is 450 g/mol. The molecule has 0 spiro atoms. The quantitative estimate of drug-likeness (QED) is 0.620. The number of aryl methyl sites for hydroxylation is 1. The lowest BCUT2D eigenvalue weighted by Gasteiger charge is -2.38. The van der Waals surface area contributed by atoms with Crippen molar-refractivity contribution < 1.29 is 14.7 Å². The fourth-order valence-electron chi connectivity index (χ4n) is 6.95. The van der Waals surface area contributed by atoms with Crippen LogP contribution >= 0.6 is 0 Å². The highest BCUT2D eigenvalue weighted by Crippen LogP contribution is 2.60. The summed E-state index contributed by atoms with van der Waals surface area (Å²) in [6.07, 6.45) is 13.2. The van der Waals surface area contributed by atoms with E-state index >= 15 is 0 Å². The van der Waals surface area contributed by atoms with Gasteiger partial charge in [-0.05, 0) is 93.7 Å². The predicted molar refractivity (Wildman–Crippen MR) is 126 cm³/mol. The second kappa shape index (κ2) is 9.05. The average Bonchev–Trinajstić information content (AvgIpc) is 3.00. The molecular formula is C27H35N3O3. The molecule has 3 N–H and O–H groups in total. The molecule has 0 radical (unpaired) electrons. The van der Waals surface area contributed by atoms with Gasteiger partial charge in [0, 0.05) is 23.7 Å². The molecule has 1 heterocycles. The zero-order chi connectivity index (χ0) is 23.0. The molecule has 6 nitrogen and oxygen atoms in total. The second-order valence-corrected chi connectivity index (χ2v) is 10.7. The molecule has 0 aliphatic heterocycles. The molecule has 0 aromatic carbocycles. The van der Waals surface area contributed by atoms with E-state index in [0.717, 1.165) is 62.6 Å². The number of hydrogen-bond acceptors (Lipinski definition) is 4. The third-order valence-electron chi connectivity index (χ3n) is 8.30.